The molecule has 0 atom stereocenters. The van der Waals surface area contributed by atoms with Crippen molar-refractivity contribution in [3.05, 3.63) is 60.2 Å². The molecule has 3 rings (SSSR count). The van der Waals surface area contributed by atoms with Gasteiger partial charge in [-0.3, -0.25) is 4.68 Å². The summed E-state index contributed by atoms with van der Waals surface area (Å²) < 4.78 is 9.34. The molecule has 7 nitrogen and oxygen atoms in total. The van der Waals surface area contributed by atoms with Crippen molar-refractivity contribution in [1.82, 2.24) is 24.9 Å². The lowest BCUT2D eigenvalue weighted by molar-refractivity contribution is 0.221. The molecule has 0 aliphatic rings. The minimum Gasteiger partial charge on any atom is -0.471 e. The zero-order valence-electron chi connectivity index (χ0n) is 15.6. The first-order chi connectivity index (χ1) is 13.2. The number of ether oxygens (including phenoxy) is 1. The normalized spacial score (nSPS) is 10.6. The summed E-state index contributed by atoms with van der Waals surface area (Å²) in [6, 6.07) is 8.09. The lowest BCUT2D eigenvalue weighted by Gasteiger charge is -2.08. The maximum atomic E-state index is 5.74. The minimum absolute atomic E-state index is 0.337. The first kappa shape index (κ1) is 18.9. The van der Waals surface area contributed by atoms with Crippen LogP contribution in [0.2, 0.25) is 0 Å². The molecule has 142 valence electrons. The van der Waals surface area contributed by atoms with Gasteiger partial charge in [-0.25, -0.2) is 4.68 Å². The quantitative estimate of drug-likeness (QED) is 0.582. The fourth-order valence-corrected chi connectivity index (χ4v) is 2.68. The van der Waals surface area contributed by atoms with Crippen LogP contribution in [0.1, 0.15) is 25.0 Å². The number of aryl methyl sites for hydroxylation is 2. The number of nitrogens with zero attached hydrogens (tertiary/aromatic N) is 4. The molecule has 0 radical (unpaired) electrons. The van der Waals surface area contributed by atoms with E-state index in [1.807, 2.05) is 35.4 Å². The van der Waals surface area contributed by atoms with Gasteiger partial charge in [-0.1, -0.05) is 19.1 Å². The molecule has 3 aromatic rings. The van der Waals surface area contributed by atoms with Gasteiger partial charge in [-0.05, 0) is 43.3 Å². The van der Waals surface area contributed by atoms with E-state index < -0.39 is 0 Å². The number of aromatic nitrogens is 4. The molecule has 0 bridgehead atoms. The summed E-state index contributed by atoms with van der Waals surface area (Å²) in [5.74, 6) is 0.821. The molecule has 0 unspecified atom stereocenters. The lowest BCUT2D eigenvalue weighted by Crippen LogP contribution is -2.27. The highest BCUT2D eigenvalue weighted by molar-refractivity contribution is 7.80. The van der Waals surface area contributed by atoms with E-state index in [9.17, 15) is 0 Å². The predicted octanol–water partition coefficient (Wildman–Crippen LogP) is 3.19. The highest BCUT2D eigenvalue weighted by atomic mass is 32.1. The van der Waals surface area contributed by atoms with Crippen LogP contribution in [0.15, 0.2) is 49.1 Å². The van der Waals surface area contributed by atoms with E-state index >= 15 is 0 Å². The fourth-order valence-electron chi connectivity index (χ4n) is 2.49. The SMILES string of the molecule is CCc1ccc(OCn2cc(NC(=S)NCc3cnn(CC)c3)cn2)cc1. The van der Waals surface area contributed by atoms with Gasteiger partial charge < -0.3 is 15.4 Å². The Hall–Kier alpha value is -2.87. The molecule has 2 aromatic heterocycles. The predicted molar refractivity (Wildman–Crippen MR) is 110 cm³/mol. The van der Waals surface area contributed by atoms with Crippen LogP contribution in [0.3, 0.4) is 0 Å². The molecular weight excluding hydrogens is 360 g/mol. The van der Waals surface area contributed by atoms with Crippen molar-refractivity contribution < 1.29 is 4.74 Å². The van der Waals surface area contributed by atoms with E-state index in [4.69, 9.17) is 17.0 Å². The Labute approximate surface area is 164 Å². The van der Waals surface area contributed by atoms with Gasteiger partial charge >= 0.3 is 0 Å². The zero-order valence-corrected chi connectivity index (χ0v) is 16.4. The van der Waals surface area contributed by atoms with Crippen molar-refractivity contribution in [2.75, 3.05) is 5.32 Å². The van der Waals surface area contributed by atoms with E-state index in [1.54, 1.807) is 10.9 Å². The second-order valence-corrected chi connectivity index (χ2v) is 6.46. The van der Waals surface area contributed by atoms with Crippen LogP contribution < -0.4 is 15.4 Å². The third kappa shape index (κ3) is 5.55. The van der Waals surface area contributed by atoms with Crippen molar-refractivity contribution in [2.24, 2.45) is 0 Å². The number of hydrogen-bond acceptors (Lipinski definition) is 4. The molecule has 0 saturated heterocycles. The second kappa shape index (κ2) is 9.18. The molecule has 0 spiro atoms. The molecule has 0 amide bonds. The number of thiocarbonyl (C=S) groups is 1. The van der Waals surface area contributed by atoms with Crippen molar-refractivity contribution in [3.63, 3.8) is 0 Å². The van der Waals surface area contributed by atoms with Gasteiger partial charge in [0.2, 0.25) is 0 Å². The van der Waals surface area contributed by atoms with Gasteiger partial charge in [0.1, 0.15) is 5.75 Å². The van der Waals surface area contributed by atoms with E-state index in [0.29, 0.717) is 18.4 Å². The molecule has 8 heteroatoms. The second-order valence-electron chi connectivity index (χ2n) is 6.05. The smallest absolute Gasteiger partial charge is 0.180 e. The van der Waals surface area contributed by atoms with E-state index in [-0.39, 0.29) is 0 Å². The zero-order chi connectivity index (χ0) is 19.1. The number of rotatable bonds is 8. The lowest BCUT2D eigenvalue weighted by atomic mass is 10.2. The Morgan fingerprint density at radius 1 is 1.04 bits per heavy atom. The van der Waals surface area contributed by atoms with Crippen molar-refractivity contribution in [1.29, 1.82) is 0 Å². The Morgan fingerprint density at radius 2 is 1.81 bits per heavy atom. The van der Waals surface area contributed by atoms with Crippen LogP contribution in [0.5, 0.6) is 5.75 Å². The summed E-state index contributed by atoms with van der Waals surface area (Å²) in [5, 5.41) is 15.3. The average Bonchev–Trinajstić information content (AvgIpc) is 3.34. The summed E-state index contributed by atoms with van der Waals surface area (Å²) >= 11 is 5.33. The van der Waals surface area contributed by atoms with Gasteiger partial charge in [0.15, 0.2) is 11.8 Å². The molecule has 1 aromatic carbocycles. The number of nitrogens with one attached hydrogen (secondary N) is 2. The summed E-state index contributed by atoms with van der Waals surface area (Å²) in [6.45, 7) is 6.00. The van der Waals surface area contributed by atoms with Gasteiger partial charge in [0, 0.05) is 24.8 Å². The summed E-state index contributed by atoms with van der Waals surface area (Å²) in [7, 11) is 0. The fraction of sp³-hybridized carbons (Fsp3) is 0.316. The Bertz CT molecular complexity index is 870. The van der Waals surface area contributed by atoms with E-state index in [0.717, 1.165) is 30.0 Å². The number of benzene rings is 1. The van der Waals surface area contributed by atoms with E-state index in [2.05, 4.69) is 46.8 Å². The molecule has 0 saturated carbocycles. The van der Waals surface area contributed by atoms with Crippen molar-refractivity contribution in [2.45, 2.75) is 40.1 Å². The minimum atomic E-state index is 0.337. The van der Waals surface area contributed by atoms with Crippen molar-refractivity contribution >= 4 is 23.0 Å². The number of hydrogen-bond donors (Lipinski definition) is 2. The van der Waals surface area contributed by atoms with Gasteiger partial charge in [-0.2, -0.15) is 10.2 Å². The third-order valence-electron chi connectivity index (χ3n) is 4.05. The Balaban J connectivity index is 1.44. The van der Waals surface area contributed by atoms with Gasteiger partial charge in [0.05, 0.1) is 24.3 Å². The summed E-state index contributed by atoms with van der Waals surface area (Å²) in [4.78, 5) is 0. The highest BCUT2D eigenvalue weighted by Crippen LogP contribution is 2.13. The molecule has 0 aliphatic carbocycles. The summed E-state index contributed by atoms with van der Waals surface area (Å²) in [5.41, 5.74) is 3.18. The average molecular weight is 385 g/mol. The van der Waals surface area contributed by atoms with Crippen LogP contribution in [0.4, 0.5) is 5.69 Å². The first-order valence-corrected chi connectivity index (χ1v) is 9.37. The van der Waals surface area contributed by atoms with Crippen molar-refractivity contribution in [3.8, 4) is 5.75 Å². The van der Waals surface area contributed by atoms with Crippen LogP contribution in [0, 0.1) is 0 Å². The van der Waals surface area contributed by atoms with Gasteiger partial charge in [0.25, 0.3) is 0 Å². The van der Waals surface area contributed by atoms with E-state index in [1.165, 1.54) is 5.56 Å². The molecule has 2 heterocycles. The highest BCUT2D eigenvalue weighted by Gasteiger charge is 2.03. The van der Waals surface area contributed by atoms with Crippen LogP contribution in [0.25, 0.3) is 0 Å². The standard InChI is InChI=1S/C19H24N6OS/c1-3-15-5-7-18(8-6-15)26-14-25-13-17(11-22-25)23-19(27)20-9-16-10-21-24(4-2)12-16/h5-8,10-13H,3-4,9,14H2,1-2H3,(H2,20,23,27). The molecule has 0 fully saturated rings. The van der Waals surface area contributed by atoms with Gasteiger partial charge in [-0.15, -0.1) is 0 Å². The third-order valence-corrected chi connectivity index (χ3v) is 4.30. The molecule has 2 N–H and O–H groups in total. The van der Waals surface area contributed by atoms with Crippen LogP contribution >= 0.6 is 12.2 Å². The topological polar surface area (TPSA) is 68.9 Å². The van der Waals surface area contributed by atoms with Crippen LogP contribution in [-0.2, 0) is 26.2 Å². The largest absolute Gasteiger partial charge is 0.471 e. The molecule has 0 aliphatic heterocycles. The monoisotopic (exact) mass is 384 g/mol. The maximum Gasteiger partial charge on any atom is 0.180 e. The molecule has 27 heavy (non-hydrogen) atoms. The maximum absolute atomic E-state index is 5.74. The summed E-state index contributed by atoms with van der Waals surface area (Å²) in [6.07, 6.45) is 8.42. The Morgan fingerprint density at radius 3 is 2.52 bits per heavy atom. The number of anilines is 1. The molecular formula is C19H24N6OS. The van der Waals surface area contributed by atoms with Crippen LogP contribution in [-0.4, -0.2) is 24.7 Å². The first-order valence-electron chi connectivity index (χ1n) is 8.96. The Kier molecular flexibility index (Phi) is 6.43.